The number of nitrogens with zero attached hydrogens (tertiary/aromatic N) is 3. The first-order valence-corrected chi connectivity index (χ1v) is 7.85. The molecule has 120 valence electrons. The molecule has 0 aliphatic heterocycles. The van der Waals surface area contributed by atoms with Crippen LogP contribution in [0.25, 0.3) is 0 Å². The Kier molecular flexibility index (Phi) is 7.81. The van der Waals surface area contributed by atoms with Crippen LogP contribution in [-0.2, 0) is 13.1 Å². The summed E-state index contributed by atoms with van der Waals surface area (Å²) in [6.45, 7) is 5.67. The van der Waals surface area contributed by atoms with E-state index in [1.807, 2.05) is 14.0 Å². The molecule has 22 heavy (non-hydrogen) atoms. The predicted molar refractivity (Wildman–Crippen MR) is 105 cm³/mol. The topological polar surface area (TPSA) is 40.5 Å². The van der Waals surface area contributed by atoms with Crippen LogP contribution < -0.4 is 5.32 Å². The maximum absolute atomic E-state index is 4.49. The van der Waals surface area contributed by atoms with Gasteiger partial charge in [0.25, 0.3) is 0 Å². The van der Waals surface area contributed by atoms with Crippen molar-refractivity contribution in [1.82, 2.24) is 15.2 Å². The molecule has 1 N–H and O–H groups in total. The van der Waals surface area contributed by atoms with Crippen molar-refractivity contribution < 1.29 is 0 Å². The van der Waals surface area contributed by atoms with Gasteiger partial charge in [0.05, 0.1) is 17.2 Å². The Morgan fingerprint density at radius 2 is 2.14 bits per heavy atom. The van der Waals surface area contributed by atoms with Gasteiger partial charge in [-0.2, -0.15) is 0 Å². The molecule has 1 aromatic carbocycles. The molecule has 0 bridgehead atoms. The van der Waals surface area contributed by atoms with Gasteiger partial charge in [0.15, 0.2) is 5.96 Å². The molecular formula is C16H23IN4S. The van der Waals surface area contributed by atoms with Crippen LogP contribution in [0.4, 0.5) is 0 Å². The largest absolute Gasteiger partial charge is 0.352 e. The standard InChI is InChI=1S/C16H22N4S.HI/c1-12-6-5-7-14(8-12)9-18-16(17-3)20(4)10-15-11-21-13(2)19-15;/h5-8,11H,9-10H2,1-4H3,(H,17,18);1H. The van der Waals surface area contributed by atoms with Gasteiger partial charge in [-0.3, -0.25) is 4.99 Å². The average molecular weight is 430 g/mol. The highest BCUT2D eigenvalue weighted by Crippen LogP contribution is 2.10. The fourth-order valence-corrected chi connectivity index (χ4v) is 2.79. The molecule has 0 saturated carbocycles. The second-order valence-electron chi connectivity index (χ2n) is 5.10. The Morgan fingerprint density at radius 1 is 1.36 bits per heavy atom. The van der Waals surface area contributed by atoms with Gasteiger partial charge in [-0.1, -0.05) is 29.8 Å². The zero-order valence-electron chi connectivity index (χ0n) is 13.5. The van der Waals surface area contributed by atoms with Crippen molar-refractivity contribution in [3.63, 3.8) is 0 Å². The third-order valence-corrected chi connectivity index (χ3v) is 3.99. The molecule has 1 aromatic heterocycles. The van der Waals surface area contributed by atoms with Gasteiger partial charge in [0.1, 0.15) is 0 Å². The van der Waals surface area contributed by atoms with Gasteiger partial charge >= 0.3 is 0 Å². The van der Waals surface area contributed by atoms with Crippen molar-refractivity contribution in [2.24, 2.45) is 4.99 Å². The Morgan fingerprint density at radius 3 is 2.73 bits per heavy atom. The van der Waals surface area contributed by atoms with E-state index in [9.17, 15) is 0 Å². The van der Waals surface area contributed by atoms with Gasteiger partial charge < -0.3 is 10.2 Å². The third-order valence-electron chi connectivity index (χ3n) is 3.17. The molecule has 6 heteroatoms. The van der Waals surface area contributed by atoms with Crippen molar-refractivity contribution >= 4 is 41.3 Å². The summed E-state index contributed by atoms with van der Waals surface area (Å²) < 4.78 is 0. The van der Waals surface area contributed by atoms with E-state index in [1.165, 1.54) is 11.1 Å². The average Bonchev–Trinajstić information content (AvgIpc) is 2.85. The van der Waals surface area contributed by atoms with Crippen molar-refractivity contribution in [2.45, 2.75) is 26.9 Å². The zero-order chi connectivity index (χ0) is 15.2. The number of benzene rings is 1. The van der Waals surface area contributed by atoms with E-state index in [0.29, 0.717) is 0 Å². The number of halogens is 1. The number of aromatic nitrogens is 1. The molecule has 0 spiro atoms. The first-order valence-electron chi connectivity index (χ1n) is 6.97. The van der Waals surface area contributed by atoms with Crippen LogP contribution in [0.1, 0.15) is 21.8 Å². The third kappa shape index (κ3) is 5.57. The van der Waals surface area contributed by atoms with Crippen LogP contribution in [-0.4, -0.2) is 29.9 Å². The van der Waals surface area contributed by atoms with Crippen molar-refractivity contribution in [3.05, 3.63) is 51.5 Å². The number of hydrogen-bond donors (Lipinski definition) is 1. The first-order chi connectivity index (χ1) is 10.1. The molecule has 0 amide bonds. The predicted octanol–water partition coefficient (Wildman–Crippen LogP) is 3.59. The van der Waals surface area contributed by atoms with E-state index in [4.69, 9.17) is 0 Å². The normalized spacial score (nSPS) is 11.0. The number of rotatable bonds is 4. The molecule has 1 heterocycles. The fourth-order valence-electron chi connectivity index (χ4n) is 2.19. The van der Waals surface area contributed by atoms with Gasteiger partial charge in [-0.25, -0.2) is 4.98 Å². The van der Waals surface area contributed by atoms with Gasteiger partial charge in [0.2, 0.25) is 0 Å². The maximum Gasteiger partial charge on any atom is 0.194 e. The second-order valence-corrected chi connectivity index (χ2v) is 6.17. The summed E-state index contributed by atoms with van der Waals surface area (Å²) >= 11 is 1.68. The molecule has 0 aliphatic rings. The van der Waals surface area contributed by atoms with E-state index in [0.717, 1.165) is 29.8 Å². The Bertz CT molecular complexity index is 624. The Hall–Kier alpha value is -1.15. The zero-order valence-corrected chi connectivity index (χ0v) is 16.6. The molecule has 0 unspecified atom stereocenters. The van der Waals surface area contributed by atoms with Gasteiger partial charge in [-0.15, -0.1) is 35.3 Å². The minimum Gasteiger partial charge on any atom is -0.352 e. The number of thiazole rings is 1. The lowest BCUT2D eigenvalue weighted by Gasteiger charge is -2.21. The minimum absolute atomic E-state index is 0. The van der Waals surface area contributed by atoms with E-state index in [1.54, 1.807) is 18.4 Å². The number of nitrogens with one attached hydrogen (secondary N) is 1. The molecule has 2 rings (SSSR count). The molecule has 0 radical (unpaired) electrons. The van der Waals surface area contributed by atoms with Crippen LogP contribution in [0.5, 0.6) is 0 Å². The number of hydrogen-bond acceptors (Lipinski definition) is 3. The van der Waals surface area contributed by atoms with E-state index in [2.05, 4.69) is 56.8 Å². The summed E-state index contributed by atoms with van der Waals surface area (Å²) in [4.78, 5) is 10.9. The molecule has 0 atom stereocenters. The highest BCUT2D eigenvalue weighted by molar-refractivity contribution is 14.0. The second kappa shape index (κ2) is 9.09. The summed E-state index contributed by atoms with van der Waals surface area (Å²) in [6.07, 6.45) is 0. The van der Waals surface area contributed by atoms with E-state index in [-0.39, 0.29) is 24.0 Å². The van der Waals surface area contributed by atoms with Crippen LogP contribution in [0, 0.1) is 13.8 Å². The Balaban J connectivity index is 0.00000242. The molecule has 0 aliphatic carbocycles. The first kappa shape index (κ1) is 18.9. The quantitative estimate of drug-likeness (QED) is 0.458. The summed E-state index contributed by atoms with van der Waals surface area (Å²) in [5.74, 6) is 0.877. The summed E-state index contributed by atoms with van der Waals surface area (Å²) in [5.41, 5.74) is 3.61. The van der Waals surface area contributed by atoms with Crippen molar-refractivity contribution in [2.75, 3.05) is 14.1 Å². The Labute approximate surface area is 153 Å². The monoisotopic (exact) mass is 430 g/mol. The number of aryl methyl sites for hydroxylation is 2. The van der Waals surface area contributed by atoms with Crippen molar-refractivity contribution in [1.29, 1.82) is 0 Å². The van der Waals surface area contributed by atoms with Crippen LogP contribution >= 0.6 is 35.3 Å². The lowest BCUT2D eigenvalue weighted by molar-refractivity contribution is 0.470. The molecule has 4 nitrogen and oxygen atoms in total. The van der Waals surface area contributed by atoms with Gasteiger partial charge in [-0.05, 0) is 19.4 Å². The lowest BCUT2D eigenvalue weighted by atomic mass is 10.1. The number of guanidine groups is 1. The maximum atomic E-state index is 4.49. The summed E-state index contributed by atoms with van der Waals surface area (Å²) in [5, 5.41) is 6.59. The summed E-state index contributed by atoms with van der Waals surface area (Å²) in [6, 6.07) is 8.49. The summed E-state index contributed by atoms with van der Waals surface area (Å²) in [7, 11) is 3.83. The highest BCUT2D eigenvalue weighted by atomic mass is 127. The fraction of sp³-hybridized carbons (Fsp3) is 0.375. The SMILES string of the molecule is CN=C(NCc1cccc(C)c1)N(C)Cc1csc(C)n1.I. The van der Waals surface area contributed by atoms with Crippen LogP contribution in [0.3, 0.4) is 0 Å². The van der Waals surface area contributed by atoms with Gasteiger partial charge in [0, 0.05) is 26.0 Å². The molecule has 2 aromatic rings. The van der Waals surface area contributed by atoms with E-state index >= 15 is 0 Å². The van der Waals surface area contributed by atoms with E-state index < -0.39 is 0 Å². The smallest absolute Gasteiger partial charge is 0.194 e. The highest BCUT2D eigenvalue weighted by Gasteiger charge is 2.08. The minimum atomic E-state index is 0. The lowest BCUT2D eigenvalue weighted by Crippen LogP contribution is -2.38. The number of aliphatic imine (C=N–C) groups is 1. The van der Waals surface area contributed by atoms with Crippen LogP contribution in [0.2, 0.25) is 0 Å². The van der Waals surface area contributed by atoms with Crippen LogP contribution in [0.15, 0.2) is 34.6 Å². The van der Waals surface area contributed by atoms with Crippen molar-refractivity contribution in [3.8, 4) is 0 Å². The molecule has 0 saturated heterocycles. The molecular weight excluding hydrogens is 407 g/mol. The molecule has 0 fully saturated rings.